The number of rotatable bonds is 2. The van der Waals surface area contributed by atoms with E-state index in [2.05, 4.69) is 4.98 Å². The quantitative estimate of drug-likeness (QED) is 0.817. The number of hydrogen-bond acceptors (Lipinski definition) is 3. The summed E-state index contributed by atoms with van der Waals surface area (Å²) in [4.78, 5) is 3.94. The molecule has 0 saturated heterocycles. The number of nitrogens with zero attached hydrogens (tertiary/aromatic N) is 1. The number of ether oxygens (including phenoxy) is 1. The van der Waals surface area contributed by atoms with Gasteiger partial charge in [0.2, 0.25) is 5.88 Å². The second-order valence-corrected chi connectivity index (χ2v) is 2.99. The molecular formula is C11H9FN2O. The molecule has 1 aromatic carbocycles. The summed E-state index contributed by atoms with van der Waals surface area (Å²) in [5.41, 5.74) is 6.10. The van der Waals surface area contributed by atoms with Crippen molar-refractivity contribution >= 4 is 5.69 Å². The molecule has 0 fully saturated rings. The van der Waals surface area contributed by atoms with Crippen molar-refractivity contribution in [2.45, 2.75) is 0 Å². The zero-order chi connectivity index (χ0) is 10.7. The second kappa shape index (κ2) is 3.96. The molecule has 0 unspecified atom stereocenters. The highest BCUT2D eigenvalue weighted by Gasteiger charge is 1.99. The maximum absolute atomic E-state index is 12.8. The van der Waals surface area contributed by atoms with E-state index < -0.39 is 0 Å². The highest BCUT2D eigenvalue weighted by atomic mass is 19.1. The van der Waals surface area contributed by atoms with Crippen LogP contribution in [0.15, 0.2) is 42.6 Å². The van der Waals surface area contributed by atoms with Gasteiger partial charge in [0.15, 0.2) is 0 Å². The fourth-order valence-corrected chi connectivity index (χ4v) is 1.13. The van der Waals surface area contributed by atoms with Gasteiger partial charge in [-0.1, -0.05) is 6.07 Å². The van der Waals surface area contributed by atoms with Crippen LogP contribution in [0, 0.1) is 5.82 Å². The number of pyridine rings is 1. The van der Waals surface area contributed by atoms with E-state index in [-0.39, 0.29) is 5.82 Å². The molecule has 2 N–H and O–H groups in total. The lowest BCUT2D eigenvalue weighted by Crippen LogP contribution is -1.90. The van der Waals surface area contributed by atoms with Crippen LogP contribution in [0.25, 0.3) is 0 Å². The summed E-state index contributed by atoms with van der Waals surface area (Å²) in [5, 5.41) is 0. The van der Waals surface area contributed by atoms with Crippen LogP contribution in [0.1, 0.15) is 0 Å². The number of halogens is 1. The maximum atomic E-state index is 12.8. The molecular weight excluding hydrogens is 195 g/mol. The third-order valence-corrected chi connectivity index (χ3v) is 1.78. The van der Waals surface area contributed by atoms with Crippen molar-refractivity contribution < 1.29 is 9.13 Å². The van der Waals surface area contributed by atoms with Gasteiger partial charge in [-0.2, -0.15) is 0 Å². The van der Waals surface area contributed by atoms with Crippen LogP contribution in [0.3, 0.4) is 0 Å². The van der Waals surface area contributed by atoms with Crippen LogP contribution in [0.4, 0.5) is 10.1 Å². The van der Waals surface area contributed by atoms with Crippen LogP contribution in [0.2, 0.25) is 0 Å². The first-order valence-electron chi connectivity index (χ1n) is 4.39. The highest BCUT2D eigenvalue weighted by Crippen LogP contribution is 2.20. The minimum Gasteiger partial charge on any atom is -0.439 e. The first-order valence-corrected chi connectivity index (χ1v) is 4.39. The molecule has 0 aliphatic carbocycles. The maximum Gasteiger partial charge on any atom is 0.221 e. The molecule has 0 radical (unpaired) electrons. The Balaban J connectivity index is 2.22. The monoisotopic (exact) mass is 204 g/mol. The molecule has 0 atom stereocenters. The van der Waals surface area contributed by atoms with Crippen molar-refractivity contribution in [1.82, 2.24) is 4.98 Å². The average Bonchev–Trinajstić information content (AvgIpc) is 2.17. The van der Waals surface area contributed by atoms with Crippen molar-refractivity contribution in [2.24, 2.45) is 0 Å². The third-order valence-electron chi connectivity index (χ3n) is 1.78. The van der Waals surface area contributed by atoms with Crippen LogP contribution < -0.4 is 10.5 Å². The van der Waals surface area contributed by atoms with Crippen LogP contribution >= 0.6 is 0 Å². The second-order valence-electron chi connectivity index (χ2n) is 2.99. The van der Waals surface area contributed by atoms with Gasteiger partial charge in [-0.3, -0.25) is 0 Å². The molecule has 1 heterocycles. The Hall–Kier alpha value is -2.10. The van der Waals surface area contributed by atoms with E-state index in [4.69, 9.17) is 10.5 Å². The summed E-state index contributed by atoms with van der Waals surface area (Å²) in [6.45, 7) is 0. The van der Waals surface area contributed by atoms with Gasteiger partial charge in [0.05, 0.1) is 0 Å². The number of nitrogen functional groups attached to an aromatic ring is 1. The number of hydrogen-bond donors (Lipinski definition) is 1. The molecule has 15 heavy (non-hydrogen) atoms. The normalized spacial score (nSPS) is 9.93. The summed E-state index contributed by atoms with van der Waals surface area (Å²) >= 11 is 0. The van der Waals surface area contributed by atoms with Gasteiger partial charge in [-0.15, -0.1) is 0 Å². The molecule has 0 amide bonds. The van der Waals surface area contributed by atoms with Gasteiger partial charge >= 0.3 is 0 Å². The fourth-order valence-electron chi connectivity index (χ4n) is 1.13. The Morgan fingerprint density at radius 2 is 2.07 bits per heavy atom. The van der Waals surface area contributed by atoms with Crippen molar-refractivity contribution in [3.63, 3.8) is 0 Å². The zero-order valence-electron chi connectivity index (χ0n) is 7.85. The molecule has 0 aliphatic heterocycles. The number of anilines is 1. The van der Waals surface area contributed by atoms with Crippen molar-refractivity contribution in [2.75, 3.05) is 5.73 Å². The number of benzene rings is 1. The SMILES string of the molecule is Nc1ccnc(Oc2cccc(F)c2)c1. The minimum atomic E-state index is -0.351. The largest absolute Gasteiger partial charge is 0.439 e. The van der Waals surface area contributed by atoms with E-state index in [1.165, 1.54) is 18.3 Å². The lowest BCUT2D eigenvalue weighted by molar-refractivity contribution is 0.458. The predicted octanol–water partition coefficient (Wildman–Crippen LogP) is 2.60. The third kappa shape index (κ3) is 2.43. The van der Waals surface area contributed by atoms with E-state index >= 15 is 0 Å². The average molecular weight is 204 g/mol. The van der Waals surface area contributed by atoms with Crippen LogP contribution in [-0.2, 0) is 0 Å². The molecule has 0 aliphatic rings. The van der Waals surface area contributed by atoms with Crippen molar-refractivity contribution in [3.8, 4) is 11.6 Å². The van der Waals surface area contributed by atoms with Gasteiger partial charge in [-0.25, -0.2) is 9.37 Å². The summed E-state index contributed by atoms with van der Waals surface area (Å²) in [5.74, 6) is 0.394. The predicted molar refractivity (Wildman–Crippen MR) is 55.1 cm³/mol. The molecule has 4 heteroatoms. The number of aromatic nitrogens is 1. The molecule has 3 nitrogen and oxygen atoms in total. The number of nitrogens with two attached hydrogens (primary N) is 1. The van der Waals surface area contributed by atoms with E-state index in [1.54, 1.807) is 24.3 Å². The Bertz CT molecular complexity index is 430. The highest BCUT2D eigenvalue weighted by molar-refractivity contribution is 5.40. The summed E-state index contributed by atoms with van der Waals surface area (Å²) in [6, 6.07) is 9.07. The molecule has 2 aromatic rings. The van der Waals surface area contributed by atoms with Crippen molar-refractivity contribution in [3.05, 3.63) is 48.4 Å². The summed E-state index contributed by atoms with van der Waals surface area (Å²) in [7, 11) is 0. The van der Waals surface area contributed by atoms with E-state index in [0.717, 1.165) is 0 Å². The van der Waals surface area contributed by atoms with Gasteiger partial charge in [0.1, 0.15) is 11.6 Å². The minimum absolute atomic E-state index is 0.348. The van der Waals surface area contributed by atoms with E-state index in [0.29, 0.717) is 17.3 Å². The van der Waals surface area contributed by atoms with Crippen LogP contribution in [0.5, 0.6) is 11.6 Å². The summed E-state index contributed by atoms with van der Waals surface area (Å²) in [6.07, 6.45) is 1.53. The van der Waals surface area contributed by atoms with E-state index in [1.807, 2.05) is 0 Å². The van der Waals surface area contributed by atoms with Gasteiger partial charge in [-0.05, 0) is 18.2 Å². The van der Waals surface area contributed by atoms with Crippen molar-refractivity contribution in [1.29, 1.82) is 0 Å². The molecule has 2 rings (SSSR count). The van der Waals surface area contributed by atoms with Gasteiger partial charge in [0.25, 0.3) is 0 Å². The van der Waals surface area contributed by atoms with Gasteiger partial charge in [0, 0.05) is 24.0 Å². The summed E-state index contributed by atoms with van der Waals surface area (Å²) < 4.78 is 18.1. The molecule has 1 aromatic heterocycles. The van der Waals surface area contributed by atoms with Crippen LogP contribution in [-0.4, -0.2) is 4.98 Å². The first-order chi connectivity index (χ1) is 7.24. The Morgan fingerprint density at radius 1 is 1.20 bits per heavy atom. The fraction of sp³-hybridized carbons (Fsp3) is 0. The van der Waals surface area contributed by atoms with E-state index in [9.17, 15) is 4.39 Å². The Kier molecular flexibility index (Phi) is 2.49. The molecule has 76 valence electrons. The topological polar surface area (TPSA) is 48.1 Å². The molecule has 0 bridgehead atoms. The zero-order valence-corrected chi connectivity index (χ0v) is 7.85. The Labute approximate surface area is 86.3 Å². The lowest BCUT2D eigenvalue weighted by Gasteiger charge is -2.04. The van der Waals surface area contributed by atoms with Gasteiger partial charge < -0.3 is 10.5 Å². The molecule has 0 saturated carbocycles. The molecule has 0 spiro atoms. The standard InChI is InChI=1S/C11H9FN2O/c12-8-2-1-3-10(6-8)15-11-7-9(13)4-5-14-11/h1-7H,(H2,13,14). The first kappa shape index (κ1) is 9.45. The Morgan fingerprint density at radius 3 is 2.80 bits per heavy atom. The lowest BCUT2D eigenvalue weighted by atomic mass is 10.3. The smallest absolute Gasteiger partial charge is 0.221 e.